The molecule has 0 unspecified atom stereocenters. The number of rotatable bonds is 6. The summed E-state index contributed by atoms with van der Waals surface area (Å²) in [5.41, 5.74) is 3.85. The van der Waals surface area contributed by atoms with Gasteiger partial charge in [-0.05, 0) is 38.1 Å². The van der Waals surface area contributed by atoms with Gasteiger partial charge in [-0.2, -0.15) is 5.10 Å². The second kappa shape index (κ2) is 7.64. The van der Waals surface area contributed by atoms with Gasteiger partial charge in [-0.15, -0.1) is 0 Å². The van der Waals surface area contributed by atoms with Gasteiger partial charge in [0.2, 0.25) is 5.91 Å². The number of aromatic amines is 1. The summed E-state index contributed by atoms with van der Waals surface area (Å²) in [6.45, 7) is 3.94. The van der Waals surface area contributed by atoms with Crippen molar-refractivity contribution in [2.75, 3.05) is 0 Å². The number of fused-ring (bicyclic) bond motifs is 1. The molecule has 0 fully saturated rings. The molecule has 3 aromatic heterocycles. The molecule has 7 nitrogen and oxygen atoms in total. The zero-order chi connectivity index (χ0) is 19.5. The van der Waals surface area contributed by atoms with Crippen molar-refractivity contribution in [1.82, 2.24) is 30.0 Å². The summed E-state index contributed by atoms with van der Waals surface area (Å²) in [5, 5.41) is 7.47. The number of carbonyl (C=O) groups is 1. The molecular formula is C21H22N6O. The minimum Gasteiger partial charge on any atom is -0.349 e. The van der Waals surface area contributed by atoms with Crippen molar-refractivity contribution < 1.29 is 4.79 Å². The average Bonchev–Trinajstić information content (AvgIpc) is 3.30. The Bertz CT molecular complexity index is 1070. The molecule has 0 spiro atoms. The number of nitrogens with one attached hydrogen (secondary N) is 2. The molecule has 3 heterocycles. The Balaban J connectivity index is 1.38. The van der Waals surface area contributed by atoms with Crippen LogP contribution in [0.15, 0.2) is 54.9 Å². The Morgan fingerprint density at radius 2 is 2.04 bits per heavy atom. The minimum atomic E-state index is -0.138. The second-order valence-electron chi connectivity index (χ2n) is 6.77. The molecule has 0 radical (unpaired) electrons. The monoisotopic (exact) mass is 374 g/mol. The number of carbonyl (C=O) groups excluding carboxylic acids is 1. The molecule has 1 amide bonds. The van der Waals surface area contributed by atoms with Gasteiger partial charge in [-0.1, -0.05) is 18.2 Å². The lowest BCUT2D eigenvalue weighted by molar-refractivity contribution is -0.121. The van der Waals surface area contributed by atoms with Crippen LogP contribution in [-0.4, -0.2) is 30.6 Å². The molecule has 0 aliphatic rings. The van der Waals surface area contributed by atoms with Crippen LogP contribution < -0.4 is 5.32 Å². The first-order valence-electron chi connectivity index (χ1n) is 9.31. The van der Waals surface area contributed by atoms with Gasteiger partial charge in [0.25, 0.3) is 0 Å². The number of aromatic nitrogens is 5. The molecule has 0 aliphatic heterocycles. The van der Waals surface area contributed by atoms with Gasteiger partial charge in [0, 0.05) is 30.3 Å². The number of hydrogen-bond donors (Lipinski definition) is 2. The van der Waals surface area contributed by atoms with Crippen LogP contribution in [0.5, 0.6) is 0 Å². The molecule has 28 heavy (non-hydrogen) atoms. The third-order valence-corrected chi connectivity index (χ3v) is 4.79. The summed E-state index contributed by atoms with van der Waals surface area (Å²) < 4.78 is 1.78. The Morgan fingerprint density at radius 3 is 2.82 bits per heavy atom. The van der Waals surface area contributed by atoms with Gasteiger partial charge in [0.1, 0.15) is 5.82 Å². The van der Waals surface area contributed by atoms with Crippen LogP contribution in [0.1, 0.15) is 36.5 Å². The van der Waals surface area contributed by atoms with Gasteiger partial charge in [-0.3, -0.25) is 4.79 Å². The van der Waals surface area contributed by atoms with E-state index < -0.39 is 0 Å². The maximum Gasteiger partial charge on any atom is 0.220 e. The Morgan fingerprint density at radius 1 is 1.21 bits per heavy atom. The first-order chi connectivity index (χ1) is 13.6. The molecule has 0 saturated heterocycles. The van der Waals surface area contributed by atoms with Crippen molar-refractivity contribution in [1.29, 1.82) is 0 Å². The largest absolute Gasteiger partial charge is 0.349 e. The Kier molecular flexibility index (Phi) is 4.89. The van der Waals surface area contributed by atoms with Crippen molar-refractivity contribution in [2.24, 2.45) is 0 Å². The van der Waals surface area contributed by atoms with Crippen LogP contribution in [0.25, 0.3) is 16.9 Å². The van der Waals surface area contributed by atoms with E-state index in [0.29, 0.717) is 12.8 Å². The summed E-state index contributed by atoms with van der Waals surface area (Å²) in [5.74, 6) is 1.57. The van der Waals surface area contributed by atoms with Crippen molar-refractivity contribution in [2.45, 2.75) is 32.7 Å². The molecule has 0 saturated carbocycles. The first-order valence-corrected chi connectivity index (χ1v) is 9.31. The lowest BCUT2D eigenvalue weighted by Gasteiger charge is -2.14. The quantitative estimate of drug-likeness (QED) is 0.542. The van der Waals surface area contributed by atoms with Crippen LogP contribution in [0.3, 0.4) is 0 Å². The highest BCUT2D eigenvalue weighted by Gasteiger charge is 2.17. The number of imidazole rings is 1. The summed E-state index contributed by atoms with van der Waals surface area (Å²) in [4.78, 5) is 24.5. The molecule has 2 N–H and O–H groups in total. The zero-order valence-electron chi connectivity index (χ0n) is 15.9. The van der Waals surface area contributed by atoms with Crippen molar-refractivity contribution in [3.63, 3.8) is 0 Å². The fraction of sp³-hybridized carbons (Fsp3) is 0.238. The van der Waals surface area contributed by atoms with E-state index in [2.05, 4.69) is 25.4 Å². The highest BCUT2D eigenvalue weighted by atomic mass is 16.1. The van der Waals surface area contributed by atoms with Gasteiger partial charge in [0.15, 0.2) is 5.82 Å². The van der Waals surface area contributed by atoms with Gasteiger partial charge >= 0.3 is 0 Å². The number of benzene rings is 1. The molecule has 4 aromatic rings. The SMILES string of the molecule is Cc1c([C@@H](C)NC(=O)CCc2nc3ccccc3[nH]2)cnn1-c1ccccn1. The minimum absolute atomic E-state index is 0.0158. The summed E-state index contributed by atoms with van der Waals surface area (Å²) >= 11 is 0. The zero-order valence-corrected chi connectivity index (χ0v) is 15.9. The molecule has 0 aliphatic carbocycles. The predicted molar refractivity (Wildman–Crippen MR) is 107 cm³/mol. The summed E-state index contributed by atoms with van der Waals surface area (Å²) in [7, 11) is 0. The lowest BCUT2D eigenvalue weighted by atomic mass is 10.1. The lowest BCUT2D eigenvalue weighted by Crippen LogP contribution is -2.27. The van der Waals surface area contributed by atoms with E-state index in [0.717, 1.165) is 33.9 Å². The highest BCUT2D eigenvalue weighted by Crippen LogP contribution is 2.19. The average molecular weight is 374 g/mol. The van der Waals surface area contributed by atoms with Crippen molar-refractivity contribution in [3.8, 4) is 5.82 Å². The molecule has 7 heteroatoms. The molecule has 4 rings (SSSR count). The molecule has 1 aromatic carbocycles. The number of amides is 1. The number of H-pyrrole nitrogens is 1. The topological polar surface area (TPSA) is 88.5 Å². The number of nitrogens with zero attached hydrogens (tertiary/aromatic N) is 4. The Hall–Kier alpha value is -3.48. The highest BCUT2D eigenvalue weighted by molar-refractivity contribution is 5.77. The normalized spacial score (nSPS) is 12.2. The molecule has 0 bridgehead atoms. The number of pyridine rings is 1. The number of aryl methyl sites for hydroxylation is 1. The fourth-order valence-electron chi connectivity index (χ4n) is 3.30. The maximum atomic E-state index is 12.4. The summed E-state index contributed by atoms with van der Waals surface area (Å²) in [6.07, 6.45) is 4.46. The van der Waals surface area contributed by atoms with E-state index in [1.165, 1.54) is 0 Å². The summed E-state index contributed by atoms with van der Waals surface area (Å²) in [6, 6.07) is 13.4. The van der Waals surface area contributed by atoms with E-state index in [1.54, 1.807) is 17.1 Å². The van der Waals surface area contributed by atoms with Crippen LogP contribution in [0.2, 0.25) is 0 Å². The van der Waals surface area contributed by atoms with Crippen LogP contribution >= 0.6 is 0 Å². The van der Waals surface area contributed by atoms with E-state index in [4.69, 9.17) is 0 Å². The van der Waals surface area contributed by atoms with Crippen molar-refractivity contribution >= 4 is 16.9 Å². The third-order valence-electron chi connectivity index (χ3n) is 4.79. The first kappa shape index (κ1) is 17.9. The van der Waals surface area contributed by atoms with Gasteiger partial charge < -0.3 is 10.3 Å². The molecule has 1 atom stereocenters. The standard InChI is InChI=1S/C21H22N6O/c1-14(16-13-23-27(15(16)2)20-9-5-6-12-22-20)24-21(28)11-10-19-25-17-7-3-4-8-18(17)26-19/h3-9,12-14H,10-11H2,1-2H3,(H,24,28)(H,25,26)/t14-/m1/s1. The fourth-order valence-corrected chi connectivity index (χ4v) is 3.30. The number of para-hydroxylation sites is 2. The van der Waals surface area contributed by atoms with E-state index in [1.807, 2.05) is 56.3 Å². The van der Waals surface area contributed by atoms with Crippen LogP contribution in [0.4, 0.5) is 0 Å². The molecule has 142 valence electrons. The van der Waals surface area contributed by atoms with E-state index in [-0.39, 0.29) is 11.9 Å². The van der Waals surface area contributed by atoms with E-state index in [9.17, 15) is 4.79 Å². The van der Waals surface area contributed by atoms with E-state index >= 15 is 0 Å². The van der Waals surface area contributed by atoms with Crippen LogP contribution in [0, 0.1) is 6.92 Å². The second-order valence-corrected chi connectivity index (χ2v) is 6.77. The van der Waals surface area contributed by atoms with Crippen molar-refractivity contribution in [3.05, 3.63) is 71.9 Å². The number of hydrogen-bond acceptors (Lipinski definition) is 4. The predicted octanol–water partition coefficient (Wildman–Crippen LogP) is 3.26. The third kappa shape index (κ3) is 3.64. The van der Waals surface area contributed by atoms with Gasteiger partial charge in [-0.25, -0.2) is 14.6 Å². The Labute approximate surface area is 162 Å². The molecular weight excluding hydrogens is 352 g/mol. The van der Waals surface area contributed by atoms with Gasteiger partial charge in [0.05, 0.1) is 23.3 Å². The maximum absolute atomic E-state index is 12.4. The van der Waals surface area contributed by atoms with Crippen LogP contribution in [-0.2, 0) is 11.2 Å². The smallest absolute Gasteiger partial charge is 0.220 e.